The quantitative estimate of drug-likeness (QED) is 0.857. The third kappa shape index (κ3) is 3.85. The summed E-state index contributed by atoms with van der Waals surface area (Å²) >= 11 is 0. The Hall–Kier alpha value is -2.29. The van der Waals surface area contributed by atoms with Crippen LogP contribution in [0.4, 0.5) is 0 Å². The molecule has 0 spiro atoms. The predicted molar refractivity (Wildman–Crippen MR) is 85.4 cm³/mol. The van der Waals surface area contributed by atoms with Crippen molar-refractivity contribution in [1.82, 2.24) is 0 Å². The smallest absolute Gasteiger partial charge is 0.197 e. The van der Waals surface area contributed by atoms with Crippen molar-refractivity contribution >= 4 is 5.78 Å². The molecule has 3 heteroatoms. The van der Waals surface area contributed by atoms with Crippen LogP contribution in [-0.4, -0.2) is 18.0 Å². The van der Waals surface area contributed by atoms with Crippen LogP contribution in [0.15, 0.2) is 36.4 Å². The summed E-state index contributed by atoms with van der Waals surface area (Å²) in [5, 5.41) is 9.90. The standard InChI is InChI=1S/C16H16O3.C2H6/c1-10-4-6-13(11(2)8-10)16(18)14-7-5-12(19-3)9-15(14)17;1-2/h4-9,17H,1-3H3;1-2H3. The monoisotopic (exact) mass is 286 g/mol. The van der Waals surface area contributed by atoms with Crippen LogP contribution in [0.2, 0.25) is 0 Å². The Bertz CT molecular complexity index is 630. The molecule has 0 radical (unpaired) electrons. The minimum Gasteiger partial charge on any atom is -0.507 e. The zero-order valence-corrected chi connectivity index (χ0v) is 13.2. The first kappa shape index (κ1) is 16.8. The first-order valence-electron chi connectivity index (χ1n) is 7.02. The van der Waals surface area contributed by atoms with E-state index < -0.39 is 0 Å². The van der Waals surface area contributed by atoms with Gasteiger partial charge in [-0.15, -0.1) is 0 Å². The molecule has 0 aromatic heterocycles. The minimum atomic E-state index is -0.183. The van der Waals surface area contributed by atoms with E-state index in [1.807, 2.05) is 39.8 Å². The summed E-state index contributed by atoms with van der Waals surface area (Å²) in [7, 11) is 1.51. The number of carbonyl (C=O) groups excluding carboxylic acids is 1. The third-order valence-corrected chi connectivity index (χ3v) is 3.08. The maximum Gasteiger partial charge on any atom is 0.197 e. The molecule has 1 N–H and O–H groups in total. The van der Waals surface area contributed by atoms with Crippen molar-refractivity contribution in [2.45, 2.75) is 27.7 Å². The lowest BCUT2D eigenvalue weighted by Gasteiger charge is -2.09. The highest BCUT2D eigenvalue weighted by atomic mass is 16.5. The number of methoxy groups -OCH3 is 1. The molecular formula is C18H22O3. The summed E-state index contributed by atoms with van der Waals surface area (Å²) in [6.07, 6.45) is 0. The molecule has 2 aromatic carbocycles. The molecule has 0 aliphatic carbocycles. The number of ether oxygens (including phenoxy) is 1. The molecule has 0 atom stereocenters. The van der Waals surface area contributed by atoms with E-state index in [-0.39, 0.29) is 17.1 Å². The number of aromatic hydroxyl groups is 1. The second-order valence-corrected chi connectivity index (χ2v) is 4.53. The Morgan fingerprint density at radius 3 is 2.14 bits per heavy atom. The number of aryl methyl sites for hydroxylation is 2. The number of phenols is 1. The van der Waals surface area contributed by atoms with Crippen molar-refractivity contribution in [1.29, 1.82) is 0 Å². The van der Waals surface area contributed by atoms with Crippen molar-refractivity contribution in [2.75, 3.05) is 7.11 Å². The van der Waals surface area contributed by atoms with E-state index in [2.05, 4.69) is 0 Å². The highest BCUT2D eigenvalue weighted by molar-refractivity contribution is 6.11. The molecule has 0 fully saturated rings. The molecule has 0 bridgehead atoms. The van der Waals surface area contributed by atoms with Gasteiger partial charge in [0.1, 0.15) is 11.5 Å². The van der Waals surface area contributed by atoms with E-state index in [4.69, 9.17) is 4.74 Å². The fraction of sp³-hybridized carbons (Fsp3) is 0.278. The first-order chi connectivity index (χ1) is 10.0. The fourth-order valence-electron chi connectivity index (χ4n) is 2.04. The Labute approximate surface area is 126 Å². The second-order valence-electron chi connectivity index (χ2n) is 4.53. The van der Waals surface area contributed by atoms with Gasteiger partial charge in [-0.25, -0.2) is 0 Å². The Morgan fingerprint density at radius 1 is 1.00 bits per heavy atom. The van der Waals surface area contributed by atoms with E-state index in [9.17, 15) is 9.90 Å². The van der Waals surface area contributed by atoms with Gasteiger partial charge < -0.3 is 9.84 Å². The fourth-order valence-corrected chi connectivity index (χ4v) is 2.04. The zero-order chi connectivity index (χ0) is 16.0. The summed E-state index contributed by atoms with van der Waals surface area (Å²) < 4.78 is 5.00. The minimum absolute atomic E-state index is 0.0654. The molecule has 0 aliphatic rings. The van der Waals surface area contributed by atoms with E-state index in [1.165, 1.54) is 13.2 Å². The number of hydrogen-bond donors (Lipinski definition) is 1. The molecule has 0 amide bonds. The van der Waals surface area contributed by atoms with Crippen LogP contribution in [0.25, 0.3) is 0 Å². The molecule has 2 rings (SSSR count). The molecule has 112 valence electrons. The third-order valence-electron chi connectivity index (χ3n) is 3.08. The molecule has 0 saturated heterocycles. The van der Waals surface area contributed by atoms with Gasteiger partial charge in [-0.05, 0) is 31.5 Å². The van der Waals surface area contributed by atoms with Crippen LogP contribution >= 0.6 is 0 Å². The molecule has 21 heavy (non-hydrogen) atoms. The van der Waals surface area contributed by atoms with E-state index in [0.29, 0.717) is 11.3 Å². The average Bonchev–Trinajstić information content (AvgIpc) is 2.48. The van der Waals surface area contributed by atoms with Crippen molar-refractivity contribution < 1.29 is 14.6 Å². The number of rotatable bonds is 3. The number of hydrogen-bond acceptors (Lipinski definition) is 3. The van der Waals surface area contributed by atoms with Gasteiger partial charge >= 0.3 is 0 Å². The van der Waals surface area contributed by atoms with Crippen LogP contribution in [0.5, 0.6) is 11.5 Å². The molecule has 3 nitrogen and oxygen atoms in total. The lowest BCUT2D eigenvalue weighted by atomic mass is 9.97. The van der Waals surface area contributed by atoms with Gasteiger partial charge in [0.2, 0.25) is 0 Å². The van der Waals surface area contributed by atoms with Crippen LogP contribution < -0.4 is 4.74 Å². The number of phenolic OH excluding ortho intramolecular Hbond substituents is 1. The summed E-state index contributed by atoms with van der Waals surface area (Å²) in [5.74, 6) is 0.275. The highest BCUT2D eigenvalue weighted by Crippen LogP contribution is 2.26. The zero-order valence-electron chi connectivity index (χ0n) is 13.2. The summed E-state index contributed by atoms with van der Waals surface area (Å²) in [4.78, 5) is 12.4. The van der Waals surface area contributed by atoms with Gasteiger partial charge in [0, 0.05) is 11.6 Å². The molecule has 2 aromatic rings. The van der Waals surface area contributed by atoms with Crippen LogP contribution in [0, 0.1) is 13.8 Å². The van der Waals surface area contributed by atoms with Crippen LogP contribution in [-0.2, 0) is 0 Å². The number of ketones is 1. The Morgan fingerprint density at radius 2 is 1.62 bits per heavy atom. The second kappa shape index (κ2) is 7.48. The summed E-state index contributed by atoms with van der Waals surface area (Å²) in [5.41, 5.74) is 2.90. The topological polar surface area (TPSA) is 46.5 Å². The first-order valence-corrected chi connectivity index (χ1v) is 7.02. The van der Waals surface area contributed by atoms with Gasteiger partial charge in [-0.2, -0.15) is 0 Å². The van der Waals surface area contributed by atoms with Gasteiger partial charge in [-0.3, -0.25) is 4.79 Å². The van der Waals surface area contributed by atoms with Crippen LogP contribution in [0.3, 0.4) is 0 Å². The lowest BCUT2D eigenvalue weighted by Crippen LogP contribution is -2.04. The van der Waals surface area contributed by atoms with Crippen molar-refractivity contribution in [3.63, 3.8) is 0 Å². The van der Waals surface area contributed by atoms with E-state index in [0.717, 1.165) is 11.1 Å². The molecule has 0 saturated carbocycles. The maximum atomic E-state index is 12.4. The molecule has 0 unspecified atom stereocenters. The van der Waals surface area contributed by atoms with Crippen molar-refractivity contribution in [2.24, 2.45) is 0 Å². The Kier molecular flexibility index (Phi) is 5.97. The normalized spacial score (nSPS) is 9.57. The van der Waals surface area contributed by atoms with Crippen molar-refractivity contribution in [3.8, 4) is 11.5 Å². The van der Waals surface area contributed by atoms with E-state index in [1.54, 1.807) is 18.2 Å². The molecule has 0 heterocycles. The largest absolute Gasteiger partial charge is 0.507 e. The number of benzene rings is 2. The van der Waals surface area contributed by atoms with Gasteiger partial charge in [0.05, 0.1) is 12.7 Å². The predicted octanol–water partition coefficient (Wildman–Crippen LogP) is 4.27. The average molecular weight is 286 g/mol. The SMILES string of the molecule is CC.COc1ccc(C(=O)c2ccc(C)cc2C)c(O)c1. The van der Waals surface area contributed by atoms with Gasteiger partial charge in [-0.1, -0.05) is 37.6 Å². The maximum absolute atomic E-state index is 12.4. The highest BCUT2D eigenvalue weighted by Gasteiger charge is 2.16. The molecular weight excluding hydrogens is 264 g/mol. The summed E-state index contributed by atoms with van der Waals surface area (Å²) in [6, 6.07) is 10.3. The lowest BCUT2D eigenvalue weighted by molar-refractivity contribution is 0.103. The van der Waals surface area contributed by atoms with Crippen molar-refractivity contribution in [3.05, 3.63) is 58.7 Å². The summed E-state index contributed by atoms with van der Waals surface area (Å²) in [6.45, 7) is 7.87. The van der Waals surface area contributed by atoms with E-state index >= 15 is 0 Å². The Balaban J connectivity index is 0.00000106. The van der Waals surface area contributed by atoms with Gasteiger partial charge in [0.25, 0.3) is 0 Å². The van der Waals surface area contributed by atoms with Gasteiger partial charge in [0.15, 0.2) is 5.78 Å². The van der Waals surface area contributed by atoms with Crippen LogP contribution in [0.1, 0.15) is 40.9 Å². The number of carbonyl (C=O) groups is 1. The molecule has 0 aliphatic heterocycles.